The zero-order valence-electron chi connectivity index (χ0n) is 11.0. The van der Waals surface area contributed by atoms with Gasteiger partial charge in [-0.25, -0.2) is 4.98 Å². The zero-order valence-corrected chi connectivity index (χ0v) is 11.0. The van der Waals surface area contributed by atoms with Gasteiger partial charge in [0.25, 0.3) is 0 Å². The molecule has 1 aromatic heterocycles. The monoisotopic (exact) mass is 252 g/mol. The van der Waals surface area contributed by atoms with Crippen LogP contribution >= 0.6 is 0 Å². The van der Waals surface area contributed by atoms with Crippen molar-refractivity contribution in [1.82, 2.24) is 4.98 Å². The molecule has 1 atom stereocenters. The first-order valence-corrected chi connectivity index (χ1v) is 6.10. The smallest absolute Gasteiger partial charge is 0.151 e. The third kappa shape index (κ3) is 2.66. The summed E-state index contributed by atoms with van der Waals surface area (Å²) in [5.74, 6) is 0.551. The minimum absolute atomic E-state index is 0.0740. The van der Waals surface area contributed by atoms with Gasteiger partial charge in [0.15, 0.2) is 5.82 Å². The molecule has 4 nitrogen and oxygen atoms in total. The third-order valence-electron chi connectivity index (χ3n) is 3.12. The molecule has 3 N–H and O–H groups in total. The van der Waals surface area contributed by atoms with E-state index < -0.39 is 0 Å². The SMILES string of the molecule is Cc1ccccc1C(C)Nc1nccc(C#N)c1N. The summed E-state index contributed by atoms with van der Waals surface area (Å²) in [5, 5.41) is 12.2. The standard InChI is InChI=1S/C15H16N4/c1-10-5-3-4-6-13(10)11(2)19-15-14(17)12(9-16)7-8-18-15/h3-8,11H,17H2,1-2H3,(H,18,19). The maximum absolute atomic E-state index is 8.95. The number of benzene rings is 1. The highest BCUT2D eigenvalue weighted by Crippen LogP contribution is 2.25. The normalized spacial score (nSPS) is 11.6. The molecule has 1 heterocycles. The molecular formula is C15H16N4. The molecule has 0 aliphatic carbocycles. The van der Waals surface area contributed by atoms with Crippen LogP contribution in [0, 0.1) is 18.3 Å². The lowest BCUT2D eigenvalue weighted by atomic mass is 10.0. The molecule has 2 aromatic rings. The van der Waals surface area contributed by atoms with Gasteiger partial charge in [0.2, 0.25) is 0 Å². The van der Waals surface area contributed by atoms with Crippen LogP contribution in [0.3, 0.4) is 0 Å². The highest BCUT2D eigenvalue weighted by molar-refractivity contribution is 5.69. The van der Waals surface area contributed by atoms with Crippen molar-refractivity contribution >= 4 is 11.5 Å². The van der Waals surface area contributed by atoms with Gasteiger partial charge in [-0.3, -0.25) is 0 Å². The van der Waals surface area contributed by atoms with Gasteiger partial charge >= 0.3 is 0 Å². The van der Waals surface area contributed by atoms with Crippen LogP contribution in [0.25, 0.3) is 0 Å². The number of hydrogen-bond acceptors (Lipinski definition) is 4. The minimum atomic E-state index is 0.0740. The zero-order chi connectivity index (χ0) is 13.8. The van der Waals surface area contributed by atoms with E-state index in [4.69, 9.17) is 11.0 Å². The van der Waals surface area contributed by atoms with Crippen LogP contribution in [0.4, 0.5) is 11.5 Å². The van der Waals surface area contributed by atoms with E-state index in [0.29, 0.717) is 17.1 Å². The van der Waals surface area contributed by atoms with E-state index in [9.17, 15) is 0 Å². The summed E-state index contributed by atoms with van der Waals surface area (Å²) in [6, 6.07) is 11.9. The lowest BCUT2D eigenvalue weighted by molar-refractivity contribution is 0.865. The van der Waals surface area contributed by atoms with Crippen LogP contribution in [-0.4, -0.2) is 4.98 Å². The number of nitrogens with one attached hydrogen (secondary N) is 1. The van der Waals surface area contributed by atoms with E-state index in [1.165, 1.54) is 11.1 Å². The van der Waals surface area contributed by atoms with Crippen LogP contribution in [0.5, 0.6) is 0 Å². The summed E-state index contributed by atoms with van der Waals surface area (Å²) in [4.78, 5) is 4.19. The number of nitriles is 1. The number of nitrogen functional groups attached to an aromatic ring is 1. The van der Waals surface area contributed by atoms with Gasteiger partial charge in [-0.15, -0.1) is 0 Å². The summed E-state index contributed by atoms with van der Waals surface area (Å²) in [6.45, 7) is 4.11. The molecule has 0 aliphatic rings. The number of nitrogens with zero attached hydrogens (tertiary/aromatic N) is 2. The molecular weight excluding hydrogens is 236 g/mol. The van der Waals surface area contributed by atoms with Gasteiger partial charge < -0.3 is 11.1 Å². The van der Waals surface area contributed by atoms with Gasteiger partial charge in [0.1, 0.15) is 6.07 Å². The second kappa shape index (κ2) is 5.40. The molecule has 0 saturated heterocycles. The van der Waals surface area contributed by atoms with Crippen molar-refractivity contribution in [2.24, 2.45) is 0 Å². The first-order valence-electron chi connectivity index (χ1n) is 6.10. The highest BCUT2D eigenvalue weighted by atomic mass is 15.0. The van der Waals surface area contributed by atoms with Crippen molar-refractivity contribution in [3.8, 4) is 6.07 Å². The fourth-order valence-electron chi connectivity index (χ4n) is 2.04. The van der Waals surface area contributed by atoms with Crippen molar-refractivity contribution < 1.29 is 0 Å². The molecule has 0 spiro atoms. The van der Waals surface area contributed by atoms with Crippen molar-refractivity contribution in [1.29, 1.82) is 5.26 Å². The van der Waals surface area contributed by atoms with Crippen molar-refractivity contribution in [3.05, 3.63) is 53.2 Å². The Bertz CT molecular complexity index is 628. The predicted octanol–water partition coefficient (Wildman–Crippen LogP) is 3.02. The van der Waals surface area contributed by atoms with E-state index in [0.717, 1.165) is 0 Å². The summed E-state index contributed by atoms with van der Waals surface area (Å²) in [6.07, 6.45) is 1.59. The maximum atomic E-state index is 8.95. The van der Waals surface area contributed by atoms with Gasteiger partial charge in [0.05, 0.1) is 17.3 Å². The Labute approximate surface area is 112 Å². The van der Waals surface area contributed by atoms with Crippen LogP contribution in [0.15, 0.2) is 36.5 Å². The molecule has 0 radical (unpaired) electrons. The van der Waals surface area contributed by atoms with Gasteiger partial charge in [-0.1, -0.05) is 24.3 Å². The number of aryl methyl sites for hydroxylation is 1. The van der Waals surface area contributed by atoms with E-state index >= 15 is 0 Å². The van der Waals surface area contributed by atoms with Crippen molar-refractivity contribution in [2.45, 2.75) is 19.9 Å². The van der Waals surface area contributed by atoms with Gasteiger partial charge in [0, 0.05) is 6.20 Å². The van der Waals surface area contributed by atoms with Crippen LogP contribution < -0.4 is 11.1 Å². The molecule has 19 heavy (non-hydrogen) atoms. The molecule has 0 aliphatic heterocycles. The molecule has 96 valence electrons. The molecule has 2 rings (SSSR count). The Morgan fingerprint density at radius 1 is 1.32 bits per heavy atom. The van der Waals surface area contributed by atoms with E-state index in [-0.39, 0.29) is 6.04 Å². The number of aromatic nitrogens is 1. The quantitative estimate of drug-likeness (QED) is 0.880. The second-order valence-corrected chi connectivity index (χ2v) is 4.46. The molecule has 0 saturated carbocycles. The predicted molar refractivity (Wildman–Crippen MR) is 76.6 cm³/mol. The molecule has 0 fully saturated rings. The summed E-state index contributed by atoms with van der Waals surface area (Å²) < 4.78 is 0. The van der Waals surface area contributed by atoms with Gasteiger partial charge in [-0.2, -0.15) is 5.26 Å². The minimum Gasteiger partial charge on any atom is -0.395 e. The Balaban J connectivity index is 2.28. The second-order valence-electron chi connectivity index (χ2n) is 4.46. The Kier molecular flexibility index (Phi) is 3.67. The summed E-state index contributed by atoms with van der Waals surface area (Å²) >= 11 is 0. The average Bonchev–Trinajstić information content (AvgIpc) is 2.41. The van der Waals surface area contributed by atoms with E-state index in [1.807, 2.05) is 19.1 Å². The van der Waals surface area contributed by atoms with Crippen molar-refractivity contribution in [3.63, 3.8) is 0 Å². The van der Waals surface area contributed by atoms with E-state index in [2.05, 4.69) is 35.4 Å². The molecule has 0 bridgehead atoms. The lowest BCUT2D eigenvalue weighted by Gasteiger charge is -2.18. The maximum Gasteiger partial charge on any atom is 0.151 e. The summed E-state index contributed by atoms with van der Waals surface area (Å²) in [5.41, 5.74) is 9.14. The Morgan fingerprint density at radius 3 is 2.74 bits per heavy atom. The number of hydrogen-bond donors (Lipinski definition) is 2. The van der Waals surface area contributed by atoms with Crippen LogP contribution in [0.2, 0.25) is 0 Å². The number of anilines is 2. The molecule has 1 aromatic carbocycles. The number of pyridine rings is 1. The first-order chi connectivity index (χ1) is 9.13. The van der Waals surface area contributed by atoms with Crippen LogP contribution in [0.1, 0.15) is 29.7 Å². The van der Waals surface area contributed by atoms with E-state index in [1.54, 1.807) is 12.3 Å². The van der Waals surface area contributed by atoms with Crippen molar-refractivity contribution in [2.75, 3.05) is 11.1 Å². The first kappa shape index (κ1) is 12.9. The Morgan fingerprint density at radius 2 is 2.05 bits per heavy atom. The lowest BCUT2D eigenvalue weighted by Crippen LogP contribution is -2.11. The molecule has 1 unspecified atom stereocenters. The summed E-state index contributed by atoms with van der Waals surface area (Å²) in [7, 11) is 0. The average molecular weight is 252 g/mol. The molecule has 4 heteroatoms. The third-order valence-corrected chi connectivity index (χ3v) is 3.12. The molecule has 0 amide bonds. The largest absolute Gasteiger partial charge is 0.395 e. The van der Waals surface area contributed by atoms with Gasteiger partial charge in [-0.05, 0) is 31.0 Å². The number of rotatable bonds is 3. The number of nitrogens with two attached hydrogens (primary N) is 1. The highest BCUT2D eigenvalue weighted by Gasteiger charge is 2.11. The van der Waals surface area contributed by atoms with Crippen LogP contribution in [-0.2, 0) is 0 Å². The Hall–Kier alpha value is -2.54. The fraction of sp³-hybridized carbons (Fsp3) is 0.200. The topological polar surface area (TPSA) is 74.7 Å². The fourth-order valence-corrected chi connectivity index (χ4v) is 2.04.